The third-order valence-electron chi connectivity index (χ3n) is 3.79. The number of hydrogen-bond donors (Lipinski definition) is 1. The first-order valence-electron chi connectivity index (χ1n) is 7.52. The molecule has 1 amide bonds. The zero-order chi connectivity index (χ0) is 17.3. The van der Waals surface area contributed by atoms with Crippen LogP contribution in [0.5, 0.6) is 0 Å². The topological polar surface area (TPSA) is 59.8 Å². The zero-order valence-electron chi connectivity index (χ0n) is 13.7. The normalized spacial score (nSPS) is 10.7. The minimum absolute atomic E-state index is 0.296. The lowest BCUT2D eigenvalue weighted by molar-refractivity contribution is 0.102. The van der Waals surface area contributed by atoms with E-state index in [4.69, 9.17) is 11.6 Å². The third-order valence-corrected chi connectivity index (χ3v) is 4.04. The Balaban J connectivity index is 1.89. The number of rotatable bonds is 3. The summed E-state index contributed by atoms with van der Waals surface area (Å²) in [7, 11) is 0. The van der Waals surface area contributed by atoms with E-state index in [0.29, 0.717) is 22.1 Å². The summed E-state index contributed by atoms with van der Waals surface area (Å²) >= 11 is 5.85. The van der Waals surface area contributed by atoms with Gasteiger partial charge in [0.05, 0.1) is 11.4 Å². The molecule has 0 fully saturated rings. The number of aryl methyl sites for hydroxylation is 2. The number of nitrogens with zero attached hydrogens (tertiary/aromatic N) is 3. The Hall–Kier alpha value is -2.66. The summed E-state index contributed by atoms with van der Waals surface area (Å²) in [5, 5.41) is 11.6. The molecular formula is C18H17ClN4O. The Morgan fingerprint density at radius 1 is 1.08 bits per heavy atom. The average molecular weight is 341 g/mol. The molecule has 0 saturated heterocycles. The van der Waals surface area contributed by atoms with Crippen molar-refractivity contribution < 1.29 is 4.79 Å². The SMILES string of the molecule is Cc1ccc(-n2nnc(C(=O)Nc3ccc(Cl)cc3)c2C)c(C)c1. The summed E-state index contributed by atoms with van der Waals surface area (Å²) in [6, 6.07) is 13.0. The largest absolute Gasteiger partial charge is 0.321 e. The average Bonchev–Trinajstić information content (AvgIpc) is 2.91. The molecule has 1 heterocycles. The maximum absolute atomic E-state index is 12.4. The minimum atomic E-state index is -0.300. The monoisotopic (exact) mass is 340 g/mol. The van der Waals surface area contributed by atoms with Crippen LogP contribution in [-0.4, -0.2) is 20.9 Å². The zero-order valence-corrected chi connectivity index (χ0v) is 14.4. The predicted molar refractivity (Wildman–Crippen MR) is 95.0 cm³/mol. The first-order chi connectivity index (χ1) is 11.5. The van der Waals surface area contributed by atoms with Crippen LogP contribution in [0.2, 0.25) is 5.02 Å². The van der Waals surface area contributed by atoms with Gasteiger partial charge in [0.2, 0.25) is 0 Å². The molecule has 0 aliphatic heterocycles. The highest BCUT2D eigenvalue weighted by atomic mass is 35.5. The number of halogens is 1. The fourth-order valence-electron chi connectivity index (χ4n) is 2.53. The van der Waals surface area contributed by atoms with Crippen molar-refractivity contribution in [1.29, 1.82) is 0 Å². The van der Waals surface area contributed by atoms with Gasteiger partial charge >= 0.3 is 0 Å². The maximum Gasteiger partial charge on any atom is 0.278 e. The van der Waals surface area contributed by atoms with Crippen LogP contribution in [0.25, 0.3) is 5.69 Å². The van der Waals surface area contributed by atoms with Crippen molar-refractivity contribution in [3.8, 4) is 5.69 Å². The lowest BCUT2D eigenvalue weighted by Gasteiger charge is -2.08. The van der Waals surface area contributed by atoms with Gasteiger partial charge in [-0.25, -0.2) is 4.68 Å². The van der Waals surface area contributed by atoms with Gasteiger partial charge in [0.1, 0.15) is 0 Å². The summed E-state index contributed by atoms with van der Waals surface area (Å²) in [5.41, 5.74) is 4.81. The molecule has 122 valence electrons. The molecule has 24 heavy (non-hydrogen) atoms. The number of hydrogen-bond acceptors (Lipinski definition) is 3. The summed E-state index contributed by atoms with van der Waals surface area (Å²) in [6.07, 6.45) is 0. The van der Waals surface area contributed by atoms with Gasteiger partial charge in [-0.1, -0.05) is 34.5 Å². The highest BCUT2D eigenvalue weighted by Crippen LogP contribution is 2.19. The number of amides is 1. The van der Waals surface area contributed by atoms with Crippen molar-refractivity contribution >= 4 is 23.2 Å². The molecule has 0 aliphatic rings. The summed E-state index contributed by atoms with van der Waals surface area (Å²) in [5.74, 6) is -0.300. The maximum atomic E-state index is 12.4. The summed E-state index contributed by atoms with van der Waals surface area (Å²) in [6.45, 7) is 5.88. The van der Waals surface area contributed by atoms with Crippen LogP contribution >= 0.6 is 11.6 Å². The number of aromatic nitrogens is 3. The van der Waals surface area contributed by atoms with Crippen molar-refractivity contribution in [2.45, 2.75) is 20.8 Å². The molecule has 0 aliphatic carbocycles. The number of nitrogens with one attached hydrogen (secondary N) is 1. The van der Waals surface area contributed by atoms with E-state index < -0.39 is 0 Å². The van der Waals surface area contributed by atoms with Crippen LogP contribution in [0.15, 0.2) is 42.5 Å². The Morgan fingerprint density at radius 2 is 1.79 bits per heavy atom. The van der Waals surface area contributed by atoms with Crippen molar-refractivity contribution in [2.24, 2.45) is 0 Å². The molecule has 3 aromatic rings. The van der Waals surface area contributed by atoms with Gasteiger partial charge in [-0.2, -0.15) is 0 Å². The van der Waals surface area contributed by atoms with Crippen molar-refractivity contribution in [2.75, 3.05) is 5.32 Å². The standard InChI is InChI=1S/C18H17ClN4O/c1-11-4-9-16(12(2)10-11)23-13(3)17(21-22-23)18(24)20-15-7-5-14(19)6-8-15/h4-10H,1-3H3,(H,20,24). The Kier molecular flexibility index (Phi) is 4.36. The van der Waals surface area contributed by atoms with E-state index in [1.165, 1.54) is 5.56 Å². The lowest BCUT2D eigenvalue weighted by Crippen LogP contribution is -2.14. The molecule has 0 radical (unpaired) electrons. The second-order valence-corrected chi connectivity index (χ2v) is 6.12. The smallest absolute Gasteiger partial charge is 0.278 e. The Morgan fingerprint density at radius 3 is 2.46 bits per heavy atom. The summed E-state index contributed by atoms with van der Waals surface area (Å²) in [4.78, 5) is 12.4. The minimum Gasteiger partial charge on any atom is -0.321 e. The van der Waals surface area contributed by atoms with Crippen LogP contribution in [0, 0.1) is 20.8 Å². The van der Waals surface area contributed by atoms with Crippen LogP contribution in [-0.2, 0) is 0 Å². The number of benzene rings is 2. The van der Waals surface area contributed by atoms with Gasteiger partial charge in [-0.05, 0) is 56.7 Å². The highest BCUT2D eigenvalue weighted by Gasteiger charge is 2.18. The van der Waals surface area contributed by atoms with E-state index in [2.05, 4.69) is 21.7 Å². The Bertz CT molecular complexity index is 900. The second kappa shape index (κ2) is 6.45. The molecule has 0 saturated carbocycles. The number of carbonyl (C=O) groups is 1. The molecule has 3 rings (SSSR count). The van der Waals surface area contributed by atoms with Gasteiger partial charge in [-0.3, -0.25) is 4.79 Å². The molecule has 0 spiro atoms. The van der Waals surface area contributed by atoms with Crippen LogP contribution in [0.1, 0.15) is 27.3 Å². The number of carbonyl (C=O) groups excluding carboxylic acids is 1. The van der Waals surface area contributed by atoms with E-state index >= 15 is 0 Å². The van der Waals surface area contributed by atoms with Crippen LogP contribution in [0.3, 0.4) is 0 Å². The number of anilines is 1. The molecule has 0 unspecified atom stereocenters. The van der Waals surface area contributed by atoms with Crippen molar-refractivity contribution in [3.05, 3.63) is 70.0 Å². The van der Waals surface area contributed by atoms with Gasteiger partial charge in [-0.15, -0.1) is 5.10 Å². The third kappa shape index (κ3) is 3.16. The molecule has 6 heteroatoms. The van der Waals surface area contributed by atoms with Crippen molar-refractivity contribution in [1.82, 2.24) is 15.0 Å². The first kappa shape index (κ1) is 16.2. The molecule has 2 aromatic carbocycles. The highest BCUT2D eigenvalue weighted by molar-refractivity contribution is 6.30. The van der Waals surface area contributed by atoms with Gasteiger partial charge in [0, 0.05) is 10.7 Å². The molecule has 0 atom stereocenters. The van der Waals surface area contributed by atoms with E-state index in [0.717, 1.165) is 11.3 Å². The van der Waals surface area contributed by atoms with E-state index in [-0.39, 0.29) is 5.91 Å². The summed E-state index contributed by atoms with van der Waals surface area (Å²) < 4.78 is 1.69. The molecule has 5 nitrogen and oxygen atoms in total. The van der Waals surface area contributed by atoms with Gasteiger partial charge in [0.25, 0.3) is 5.91 Å². The molecule has 1 aromatic heterocycles. The second-order valence-electron chi connectivity index (χ2n) is 5.69. The molecule has 0 bridgehead atoms. The first-order valence-corrected chi connectivity index (χ1v) is 7.90. The molecule has 1 N–H and O–H groups in total. The van der Waals surface area contributed by atoms with Crippen LogP contribution in [0.4, 0.5) is 5.69 Å². The Labute approximate surface area is 145 Å². The molecular weight excluding hydrogens is 324 g/mol. The fraction of sp³-hybridized carbons (Fsp3) is 0.167. The lowest BCUT2D eigenvalue weighted by atomic mass is 10.1. The van der Waals surface area contributed by atoms with Gasteiger partial charge < -0.3 is 5.32 Å². The van der Waals surface area contributed by atoms with E-state index in [1.54, 1.807) is 28.9 Å². The van der Waals surface area contributed by atoms with E-state index in [9.17, 15) is 4.79 Å². The van der Waals surface area contributed by atoms with Gasteiger partial charge in [0.15, 0.2) is 5.69 Å². The fourth-order valence-corrected chi connectivity index (χ4v) is 2.66. The van der Waals surface area contributed by atoms with Crippen LogP contribution < -0.4 is 5.32 Å². The quantitative estimate of drug-likeness (QED) is 0.781. The van der Waals surface area contributed by atoms with Crippen molar-refractivity contribution in [3.63, 3.8) is 0 Å². The predicted octanol–water partition coefficient (Wildman–Crippen LogP) is 4.10. The van der Waals surface area contributed by atoms with E-state index in [1.807, 2.05) is 32.9 Å².